The van der Waals surface area contributed by atoms with E-state index in [1.807, 2.05) is 12.1 Å². The van der Waals surface area contributed by atoms with Crippen molar-refractivity contribution in [1.82, 2.24) is 0 Å². The van der Waals surface area contributed by atoms with Crippen LogP contribution in [-0.2, 0) is 9.59 Å². The van der Waals surface area contributed by atoms with Crippen LogP contribution in [0.5, 0.6) is 5.75 Å². The molecule has 2 amide bonds. The summed E-state index contributed by atoms with van der Waals surface area (Å²) in [7, 11) is 0. The molecule has 0 spiro atoms. The Balaban J connectivity index is 1.65. The number of ether oxygens (including phenoxy) is 1. The number of carbonyl (C=O) groups excluding carboxylic acids is 2. The van der Waals surface area contributed by atoms with E-state index in [-0.39, 0.29) is 40.1 Å². The van der Waals surface area contributed by atoms with E-state index in [1.54, 1.807) is 30.3 Å². The Morgan fingerprint density at radius 3 is 2.38 bits per heavy atom. The number of anilines is 2. The number of nitriles is 1. The van der Waals surface area contributed by atoms with Gasteiger partial charge in [0.25, 0.3) is 11.8 Å². The van der Waals surface area contributed by atoms with Crippen molar-refractivity contribution in [1.29, 1.82) is 5.26 Å². The maximum atomic E-state index is 12.5. The van der Waals surface area contributed by atoms with Gasteiger partial charge in [-0.1, -0.05) is 41.9 Å². The van der Waals surface area contributed by atoms with Gasteiger partial charge in [0, 0.05) is 11.4 Å². The molecule has 3 aromatic carbocycles. The Labute approximate surface area is 200 Å². The molecule has 3 N–H and O–H groups in total. The predicted octanol–water partition coefficient (Wildman–Crippen LogP) is 4.60. The minimum absolute atomic E-state index is 0.0000999. The Morgan fingerprint density at radius 1 is 0.971 bits per heavy atom. The van der Waals surface area contributed by atoms with Crippen LogP contribution in [0.2, 0.25) is 5.02 Å². The third kappa shape index (κ3) is 6.69. The van der Waals surface area contributed by atoms with E-state index in [9.17, 15) is 19.6 Å². The first-order chi connectivity index (χ1) is 16.4. The summed E-state index contributed by atoms with van der Waals surface area (Å²) in [5.74, 6) is -1.95. The second kappa shape index (κ2) is 11.3. The van der Waals surface area contributed by atoms with E-state index in [2.05, 4.69) is 10.6 Å². The summed E-state index contributed by atoms with van der Waals surface area (Å²) < 4.78 is 5.46. The predicted molar refractivity (Wildman–Crippen MR) is 128 cm³/mol. The van der Waals surface area contributed by atoms with E-state index < -0.39 is 11.9 Å². The number of para-hydroxylation sites is 1. The molecular weight excluding hydrogens is 458 g/mol. The number of carbonyl (C=O) groups is 3. The first-order valence-electron chi connectivity index (χ1n) is 9.89. The molecular formula is C25H18ClN3O5. The smallest absolute Gasteiger partial charge is 0.335 e. The monoisotopic (exact) mass is 475 g/mol. The van der Waals surface area contributed by atoms with Crippen LogP contribution in [0, 0.1) is 11.3 Å². The summed E-state index contributed by atoms with van der Waals surface area (Å²) in [6.45, 7) is -0.259. The van der Waals surface area contributed by atoms with Crippen LogP contribution in [0.25, 0.3) is 6.08 Å². The summed E-state index contributed by atoms with van der Waals surface area (Å²) >= 11 is 6.23. The molecule has 0 aliphatic rings. The molecule has 170 valence electrons. The molecule has 34 heavy (non-hydrogen) atoms. The zero-order chi connectivity index (χ0) is 24.5. The molecule has 0 aromatic heterocycles. The standard InChI is InChI=1S/C25H18ClN3O5/c26-21-12-16(9-10-22(21)34-15-23(30)28-19-6-2-1-3-7-19)11-18(14-27)24(31)29-20-8-4-5-17(13-20)25(32)33/h1-13H,15H2,(H,28,30)(H,29,31)(H,32,33)/b18-11-. The molecule has 0 bridgehead atoms. The number of rotatable bonds is 8. The van der Waals surface area contributed by atoms with Gasteiger partial charge < -0.3 is 20.5 Å². The fourth-order valence-corrected chi connectivity index (χ4v) is 3.07. The summed E-state index contributed by atoms with van der Waals surface area (Å²) in [4.78, 5) is 35.6. The maximum absolute atomic E-state index is 12.5. The largest absolute Gasteiger partial charge is 0.482 e. The fourth-order valence-electron chi connectivity index (χ4n) is 2.83. The minimum atomic E-state index is -1.14. The first kappa shape index (κ1) is 24.0. The SMILES string of the molecule is N#C/C(=C/c1ccc(OCC(=O)Nc2ccccc2)c(Cl)c1)C(=O)Nc1cccc(C(=O)O)c1. The van der Waals surface area contributed by atoms with Crippen molar-refractivity contribution in [2.45, 2.75) is 0 Å². The Kier molecular flexibility index (Phi) is 8.00. The van der Waals surface area contributed by atoms with Crippen LogP contribution in [0.1, 0.15) is 15.9 Å². The van der Waals surface area contributed by atoms with Crippen LogP contribution in [0.3, 0.4) is 0 Å². The zero-order valence-corrected chi connectivity index (χ0v) is 18.4. The summed E-state index contributed by atoms with van der Waals surface area (Å²) in [5, 5.41) is 23.8. The summed E-state index contributed by atoms with van der Waals surface area (Å²) in [5.41, 5.74) is 1.12. The number of hydrogen-bond donors (Lipinski definition) is 3. The molecule has 3 rings (SSSR count). The lowest BCUT2D eigenvalue weighted by molar-refractivity contribution is -0.118. The molecule has 0 saturated heterocycles. The van der Waals surface area contributed by atoms with Crippen LogP contribution in [0.4, 0.5) is 11.4 Å². The molecule has 0 unspecified atom stereocenters. The van der Waals surface area contributed by atoms with Crippen molar-refractivity contribution in [2.75, 3.05) is 17.2 Å². The highest BCUT2D eigenvalue weighted by atomic mass is 35.5. The molecule has 0 atom stereocenters. The maximum Gasteiger partial charge on any atom is 0.335 e. The highest BCUT2D eigenvalue weighted by Gasteiger charge is 2.12. The number of carboxylic acids is 1. The molecule has 3 aromatic rings. The fraction of sp³-hybridized carbons (Fsp3) is 0.0400. The van der Waals surface area contributed by atoms with Gasteiger partial charge in [-0.2, -0.15) is 5.26 Å². The van der Waals surface area contributed by atoms with E-state index in [1.165, 1.54) is 42.5 Å². The number of benzene rings is 3. The van der Waals surface area contributed by atoms with Crippen LogP contribution in [-0.4, -0.2) is 29.5 Å². The van der Waals surface area contributed by atoms with Crippen molar-refractivity contribution in [2.24, 2.45) is 0 Å². The van der Waals surface area contributed by atoms with E-state index in [4.69, 9.17) is 21.4 Å². The number of hydrogen-bond acceptors (Lipinski definition) is 5. The number of aromatic carboxylic acids is 1. The molecule has 0 aliphatic heterocycles. The second-order valence-corrected chi connectivity index (χ2v) is 7.31. The van der Waals surface area contributed by atoms with Crippen molar-refractivity contribution in [3.8, 4) is 11.8 Å². The van der Waals surface area contributed by atoms with Crippen molar-refractivity contribution in [3.05, 3.63) is 94.5 Å². The molecule has 0 aliphatic carbocycles. The van der Waals surface area contributed by atoms with Gasteiger partial charge in [-0.05, 0) is 54.1 Å². The molecule has 0 heterocycles. The summed E-state index contributed by atoms with van der Waals surface area (Å²) in [6, 6.07) is 21.0. The van der Waals surface area contributed by atoms with Gasteiger partial charge in [0.2, 0.25) is 0 Å². The zero-order valence-electron chi connectivity index (χ0n) is 17.6. The molecule has 0 radical (unpaired) electrons. The number of carboxylic acid groups (broad SMARTS) is 1. The van der Waals surface area contributed by atoms with Crippen LogP contribution >= 0.6 is 11.6 Å². The highest BCUT2D eigenvalue weighted by Crippen LogP contribution is 2.26. The third-order valence-corrected chi connectivity index (χ3v) is 4.71. The van der Waals surface area contributed by atoms with E-state index in [0.717, 1.165) is 0 Å². The number of halogens is 1. The highest BCUT2D eigenvalue weighted by molar-refractivity contribution is 6.32. The van der Waals surface area contributed by atoms with Gasteiger partial charge >= 0.3 is 5.97 Å². The molecule has 9 heteroatoms. The van der Waals surface area contributed by atoms with Gasteiger partial charge in [-0.3, -0.25) is 9.59 Å². The number of nitrogens with one attached hydrogen (secondary N) is 2. The summed E-state index contributed by atoms with van der Waals surface area (Å²) in [6.07, 6.45) is 1.33. The molecule has 0 fully saturated rings. The Hall–Kier alpha value is -4.61. The van der Waals surface area contributed by atoms with Crippen molar-refractivity contribution in [3.63, 3.8) is 0 Å². The van der Waals surface area contributed by atoms with E-state index >= 15 is 0 Å². The third-order valence-electron chi connectivity index (χ3n) is 4.42. The second-order valence-electron chi connectivity index (χ2n) is 6.90. The normalized spacial score (nSPS) is 10.6. The van der Waals surface area contributed by atoms with Gasteiger partial charge in [0.05, 0.1) is 10.6 Å². The van der Waals surface area contributed by atoms with Gasteiger partial charge in [-0.25, -0.2) is 4.79 Å². The number of nitrogens with zero attached hydrogens (tertiary/aromatic N) is 1. The lowest BCUT2D eigenvalue weighted by atomic mass is 10.1. The molecule has 0 saturated carbocycles. The Bertz CT molecular complexity index is 1300. The van der Waals surface area contributed by atoms with Crippen LogP contribution in [0.15, 0.2) is 78.4 Å². The molecule has 8 nitrogen and oxygen atoms in total. The first-order valence-corrected chi connectivity index (χ1v) is 10.3. The van der Waals surface area contributed by atoms with Crippen molar-refractivity contribution < 1.29 is 24.2 Å². The topological polar surface area (TPSA) is 129 Å². The van der Waals surface area contributed by atoms with Crippen molar-refractivity contribution >= 4 is 46.8 Å². The lowest BCUT2D eigenvalue weighted by Gasteiger charge is -2.09. The van der Waals surface area contributed by atoms with Gasteiger partial charge in [-0.15, -0.1) is 0 Å². The Morgan fingerprint density at radius 2 is 1.71 bits per heavy atom. The van der Waals surface area contributed by atoms with Crippen LogP contribution < -0.4 is 15.4 Å². The quantitative estimate of drug-likeness (QED) is 0.322. The van der Waals surface area contributed by atoms with E-state index in [0.29, 0.717) is 11.3 Å². The van der Waals surface area contributed by atoms with Gasteiger partial charge in [0.1, 0.15) is 17.4 Å². The minimum Gasteiger partial charge on any atom is -0.482 e. The lowest BCUT2D eigenvalue weighted by Crippen LogP contribution is -2.20. The van der Waals surface area contributed by atoms with Gasteiger partial charge in [0.15, 0.2) is 6.61 Å². The average molecular weight is 476 g/mol. The average Bonchev–Trinajstić information content (AvgIpc) is 2.82. The number of amides is 2.